The van der Waals surface area contributed by atoms with Crippen LogP contribution in [0.4, 0.5) is 5.69 Å². The summed E-state index contributed by atoms with van der Waals surface area (Å²) in [6.07, 6.45) is 1.57. The molecule has 0 unspecified atom stereocenters. The van der Waals surface area contributed by atoms with Crippen LogP contribution in [0.15, 0.2) is 24.4 Å². The number of benzene rings is 1. The number of rotatable bonds is 6. The van der Waals surface area contributed by atoms with Crippen LogP contribution >= 0.6 is 0 Å². The van der Waals surface area contributed by atoms with Gasteiger partial charge in [0.05, 0.1) is 45.4 Å². The van der Waals surface area contributed by atoms with Gasteiger partial charge in [-0.05, 0) is 32.0 Å². The number of aromatic nitrogens is 2. The fourth-order valence-corrected chi connectivity index (χ4v) is 5.18. The van der Waals surface area contributed by atoms with E-state index in [1.165, 1.54) is 0 Å². The van der Waals surface area contributed by atoms with E-state index in [4.69, 9.17) is 0 Å². The van der Waals surface area contributed by atoms with Gasteiger partial charge in [-0.3, -0.25) is 14.7 Å². The van der Waals surface area contributed by atoms with Crippen molar-refractivity contribution in [2.24, 2.45) is 0 Å². The van der Waals surface area contributed by atoms with Gasteiger partial charge in [0, 0.05) is 49.3 Å². The number of carbonyl (C=O) groups is 1. The van der Waals surface area contributed by atoms with Gasteiger partial charge in [-0.2, -0.15) is 5.26 Å². The average molecular weight is 455 g/mol. The normalized spacial score (nSPS) is 16.3. The first-order valence-corrected chi connectivity index (χ1v) is 12.4. The Labute approximate surface area is 186 Å². The molecule has 0 bridgehead atoms. The van der Waals surface area contributed by atoms with Crippen LogP contribution in [0, 0.1) is 11.3 Å². The fourth-order valence-electron chi connectivity index (χ4n) is 3.90. The molecular formula is C22H26N6O3S. The van der Waals surface area contributed by atoms with Gasteiger partial charge >= 0.3 is 0 Å². The standard InChI is InChI=1S/C22H26N6O3S/c1-14(2)26-20-17(22(29)24-5-6-28-7-9-32(30,31)10-8-28)13-25-19-16-4-3-15(12-23)11-18(16)27-21(19)20/h3-4,11,13-14,27H,5-10H2,1-2H3,(H,24,29)(H,25,26). The number of aromatic amines is 1. The Kier molecular flexibility index (Phi) is 6.04. The van der Waals surface area contributed by atoms with Crippen LogP contribution in [0.5, 0.6) is 0 Å². The summed E-state index contributed by atoms with van der Waals surface area (Å²) in [7, 11) is -2.92. The first kappa shape index (κ1) is 22.0. The van der Waals surface area contributed by atoms with Crippen molar-refractivity contribution in [2.45, 2.75) is 19.9 Å². The number of pyridine rings is 1. The molecule has 0 saturated carbocycles. The van der Waals surface area contributed by atoms with Gasteiger partial charge in [-0.25, -0.2) is 8.42 Å². The number of nitrogens with one attached hydrogen (secondary N) is 3. The minimum atomic E-state index is -2.92. The van der Waals surface area contributed by atoms with E-state index in [1.54, 1.807) is 18.3 Å². The Balaban J connectivity index is 1.57. The third kappa shape index (κ3) is 4.54. The lowest BCUT2D eigenvalue weighted by Crippen LogP contribution is -2.43. The second kappa shape index (κ2) is 8.76. The summed E-state index contributed by atoms with van der Waals surface area (Å²) in [5, 5.41) is 16.4. The Morgan fingerprint density at radius 2 is 2.06 bits per heavy atom. The van der Waals surface area contributed by atoms with Gasteiger partial charge in [-0.15, -0.1) is 0 Å². The molecule has 1 aromatic carbocycles. The molecule has 9 nitrogen and oxygen atoms in total. The molecule has 0 spiro atoms. The highest BCUT2D eigenvalue weighted by molar-refractivity contribution is 7.91. The molecule has 1 fully saturated rings. The van der Waals surface area contributed by atoms with Crippen LogP contribution in [0.25, 0.3) is 21.9 Å². The van der Waals surface area contributed by atoms with Crippen molar-refractivity contribution >= 4 is 43.4 Å². The molecule has 32 heavy (non-hydrogen) atoms. The second-order valence-electron chi connectivity index (χ2n) is 8.32. The van der Waals surface area contributed by atoms with E-state index in [0.717, 1.165) is 21.9 Å². The van der Waals surface area contributed by atoms with Crippen LogP contribution in [-0.4, -0.2) is 72.9 Å². The molecule has 3 N–H and O–H groups in total. The molecule has 1 saturated heterocycles. The van der Waals surface area contributed by atoms with Crippen LogP contribution in [0.1, 0.15) is 29.8 Å². The van der Waals surface area contributed by atoms with Crippen LogP contribution in [0.2, 0.25) is 0 Å². The van der Waals surface area contributed by atoms with E-state index >= 15 is 0 Å². The number of hydrogen-bond acceptors (Lipinski definition) is 7. The monoisotopic (exact) mass is 454 g/mol. The van der Waals surface area contributed by atoms with E-state index in [2.05, 4.69) is 26.7 Å². The van der Waals surface area contributed by atoms with Crippen molar-refractivity contribution < 1.29 is 13.2 Å². The number of hydrogen-bond donors (Lipinski definition) is 3. The highest BCUT2D eigenvalue weighted by Crippen LogP contribution is 2.32. The molecule has 1 aliphatic rings. The van der Waals surface area contributed by atoms with E-state index in [-0.39, 0.29) is 23.5 Å². The molecule has 2 aromatic heterocycles. The Morgan fingerprint density at radius 3 is 2.75 bits per heavy atom. The second-order valence-corrected chi connectivity index (χ2v) is 10.6. The summed E-state index contributed by atoms with van der Waals surface area (Å²) in [6, 6.07) is 7.60. The minimum absolute atomic E-state index is 0.0866. The van der Waals surface area contributed by atoms with Crippen LogP contribution < -0.4 is 10.6 Å². The van der Waals surface area contributed by atoms with Crippen molar-refractivity contribution in [3.8, 4) is 6.07 Å². The van der Waals surface area contributed by atoms with Gasteiger partial charge < -0.3 is 15.6 Å². The van der Waals surface area contributed by atoms with Gasteiger partial charge in [0.1, 0.15) is 0 Å². The minimum Gasteiger partial charge on any atom is -0.380 e. The molecule has 4 rings (SSSR count). The highest BCUT2D eigenvalue weighted by Gasteiger charge is 2.22. The predicted octanol–water partition coefficient (Wildman–Crippen LogP) is 1.87. The highest BCUT2D eigenvalue weighted by atomic mass is 32.2. The number of nitrogens with zero attached hydrogens (tertiary/aromatic N) is 3. The van der Waals surface area contributed by atoms with Crippen molar-refractivity contribution in [3.05, 3.63) is 35.5 Å². The van der Waals surface area contributed by atoms with Crippen molar-refractivity contribution in [2.75, 3.05) is 43.0 Å². The molecule has 0 aliphatic carbocycles. The molecule has 168 valence electrons. The first-order chi connectivity index (χ1) is 15.3. The number of carbonyl (C=O) groups excluding carboxylic acids is 1. The average Bonchev–Trinajstić information content (AvgIpc) is 3.13. The third-order valence-corrected chi connectivity index (χ3v) is 7.18. The number of anilines is 1. The van der Waals surface area contributed by atoms with Gasteiger partial charge in [0.15, 0.2) is 9.84 Å². The van der Waals surface area contributed by atoms with Crippen LogP contribution in [-0.2, 0) is 9.84 Å². The lowest BCUT2D eigenvalue weighted by Gasteiger charge is -2.26. The maximum absolute atomic E-state index is 13.0. The largest absolute Gasteiger partial charge is 0.380 e. The topological polar surface area (TPSA) is 131 Å². The smallest absolute Gasteiger partial charge is 0.255 e. The molecule has 10 heteroatoms. The zero-order chi connectivity index (χ0) is 22.9. The lowest BCUT2D eigenvalue weighted by molar-refractivity contribution is 0.0949. The zero-order valence-corrected chi connectivity index (χ0v) is 18.9. The number of amides is 1. The molecule has 1 aliphatic heterocycles. The molecule has 1 amide bonds. The zero-order valence-electron chi connectivity index (χ0n) is 18.1. The molecular weight excluding hydrogens is 428 g/mol. The maximum Gasteiger partial charge on any atom is 0.255 e. The molecule has 0 atom stereocenters. The van der Waals surface area contributed by atoms with E-state index in [1.807, 2.05) is 24.8 Å². The van der Waals surface area contributed by atoms with Crippen molar-refractivity contribution in [1.29, 1.82) is 5.26 Å². The van der Waals surface area contributed by atoms with Gasteiger partial charge in [-0.1, -0.05) is 0 Å². The quantitative estimate of drug-likeness (QED) is 0.518. The Bertz CT molecular complexity index is 1310. The Hall–Kier alpha value is -3.16. The van der Waals surface area contributed by atoms with Crippen molar-refractivity contribution in [1.82, 2.24) is 20.2 Å². The van der Waals surface area contributed by atoms with Gasteiger partial charge in [0.25, 0.3) is 5.91 Å². The molecule has 3 aromatic rings. The molecule has 0 radical (unpaired) electrons. The fraction of sp³-hybridized carbons (Fsp3) is 0.409. The predicted molar refractivity (Wildman–Crippen MR) is 125 cm³/mol. The third-order valence-electron chi connectivity index (χ3n) is 5.57. The first-order valence-electron chi connectivity index (χ1n) is 10.6. The summed E-state index contributed by atoms with van der Waals surface area (Å²) in [6.45, 7) is 5.98. The molecule has 3 heterocycles. The van der Waals surface area contributed by atoms with Crippen molar-refractivity contribution in [3.63, 3.8) is 0 Å². The number of H-pyrrole nitrogens is 1. The summed E-state index contributed by atoms with van der Waals surface area (Å²) < 4.78 is 23.1. The Morgan fingerprint density at radius 1 is 1.31 bits per heavy atom. The summed E-state index contributed by atoms with van der Waals surface area (Å²) in [5.74, 6) is 0.0824. The maximum atomic E-state index is 13.0. The van der Waals surface area contributed by atoms with E-state index in [9.17, 15) is 18.5 Å². The van der Waals surface area contributed by atoms with E-state index in [0.29, 0.717) is 43.0 Å². The van der Waals surface area contributed by atoms with E-state index < -0.39 is 9.84 Å². The lowest BCUT2D eigenvalue weighted by atomic mass is 10.1. The summed E-state index contributed by atoms with van der Waals surface area (Å²) >= 11 is 0. The SMILES string of the molecule is CC(C)Nc1c(C(=O)NCCN2CCS(=O)(=O)CC2)cnc2c1[nH]c1cc(C#N)ccc12. The van der Waals surface area contributed by atoms with Gasteiger partial charge in [0.2, 0.25) is 0 Å². The number of fused-ring (bicyclic) bond motifs is 3. The summed E-state index contributed by atoms with van der Waals surface area (Å²) in [4.78, 5) is 22.9. The van der Waals surface area contributed by atoms with Crippen LogP contribution in [0.3, 0.4) is 0 Å². The summed E-state index contributed by atoms with van der Waals surface area (Å²) in [5.41, 5.74) is 3.89. The number of nitriles is 1. The number of sulfone groups is 1.